The summed E-state index contributed by atoms with van der Waals surface area (Å²) in [5.41, 5.74) is 3.62. The number of rotatable bonds is 5. The van der Waals surface area contributed by atoms with Gasteiger partial charge in [0.05, 0.1) is 26.1 Å². The van der Waals surface area contributed by atoms with Crippen molar-refractivity contribution >= 4 is 17.2 Å². The minimum absolute atomic E-state index is 0.687. The van der Waals surface area contributed by atoms with Gasteiger partial charge in [-0.25, -0.2) is 9.97 Å². The smallest absolute Gasteiger partial charge is 0.180 e. The van der Waals surface area contributed by atoms with Crippen molar-refractivity contribution < 1.29 is 9.47 Å². The Bertz CT molecular complexity index is 1040. The van der Waals surface area contributed by atoms with Gasteiger partial charge >= 0.3 is 0 Å². The van der Waals surface area contributed by atoms with Crippen LogP contribution >= 0.6 is 0 Å². The number of nitrogens with one attached hydrogen (secondary N) is 1. The minimum atomic E-state index is 0.687. The van der Waals surface area contributed by atoms with Crippen LogP contribution in [0.25, 0.3) is 16.9 Å². The second kappa shape index (κ2) is 6.76. The van der Waals surface area contributed by atoms with Crippen LogP contribution in [0.3, 0.4) is 0 Å². The van der Waals surface area contributed by atoms with Gasteiger partial charge in [0.1, 0.15) is 11.5 Å². The Kier molecular flexibility index (Phi) is 4.15. The average molecular weight is 346 g/mol. The minimum Gasteiger partial charge on any atom is -0.497 e. The third kappa shape index (κ3) is 2.93. The molecule has 0 aliphatic heterocycles. The maximum absolute atomic E-state index is 5.32. The topological polar surface area (TPSA) is 60.7 Å². The number of imidazole rings is 1. The largest absolute Gasteiger partial charge is 0.497 e. The number of anilines is 2. The fourth-order valence-electron chi connectivity index (χ4n) is 2.81. The monoisotopic (exact) mass is 346 g/mol. The zero-order chi connectivity index (χ0) is 17.9. The molecule has 2 heterocycles. The molecule has 0 amide bonds. The molecule has 130 valence electrons. The Morgan fingerprint density at radius 1 is 0.923 bits per heavy atom. The van der Waals surface area contributed by atoms with Gasteiger partial charge in [0.25, 0.3) is 0 Å². The third-order valence-corrected chi connectivity index (χ3v) is 4.15. The van der Waals surface area contributed by atoms with E-state index in [1.165, 1.54) is 0 Å². The summed E-state index contributed by atoms with van der Waals surface area (Å²) in [6.45, 7) is 0. The van der Waals surface area contributed by atoms with Crippen molar-refractivity contribution in [3.8, 4) is 22.8 Å². The van der Waals surface area contributed by atoms with E-state index in [-0.39, 0.29) is 0 Å². The van der Waals surface area contributed by atoms with E-state index < -0.39 is 0 Å². The maximum Gasteiger partial charge on any atom is 0.180 e. The number of ether oxygens (including phenoxy) is 2. The van der Waals surface area contributed by atoms with Crippen LogP contribution in [0.4, 0.5) is 11.5 Å². The average Bonchev–Trinajstić information content (AvgIpc) is 3.19. The molecule has 0 saturated carbocycles. The van der Waals surface area contributed by atoms with Crippen molar-refractivity contribution in [2.24, 2.45) is 0 Å². The molecule has 0 bridgehead atoms. The van der Waals surface area contributed by atoms with E-state index in [2.05, 4.69) is 15.3 Å². The SMILES string of the molecule is COc1ccc(Nc2ncc(-c3cccc(OC)c3)n3ccnc23)cc1. The standard InChI is InChI=1S/C20H18N4O2/c1-25-16-8-6-15(7-9-16)23-19-20-21-10-11-24(20)18(13-22-19)14-4-3-5-17(12-14)26-2/h3-13H,1-2H3,(H,22,23). The number of methoxy groups -OCH3 is 2. The molecule has 0 aliphatic carbocycles. The normalized spacial score (nSPS) is 10.7. The summed E-state index contributed by atoms with van der Waals surface area (Å²) in [5, 5.41) is 3.31. The van der Waals surface area contributed by atoms with Gasteiger partial charge < -0.3 is 14.8 Å². The molecule has 2 aromatic heterocycles. The molecule has 4 rings (SSSR count). The fourth-order valence-corrected chi connectivity index (χ4v) is 2.81. The van der Waals surface area contributed by atoms with E-state index in [1.54, 1.807) is 20.4 Å². The summed E-state index contributed by atoms with van der Waals surface area (Å²) in [4.78, 5) is 9.04. The summed E-state index contributed by atoms with van der Waals surface area (Å²) in [5.74, 6) is 2.30. The summed E-state index contributed by atoms with van der Waals surface area (Å²) in [7, 11) is 3.31. The molecule has 4 aromatic rings. The first-order valence-corrected chi connectivity index (χ1v) is 8.16. The number of benzene rings is 2. The van der Waals surface area contributed by atoms with Gasteiger partial charge in [0.2, 0.25) is 0 Å². The predicted octanol–water partition coefficient (Wildman–Crippen LogP) is 4.16. The number of hydrogen-bond acceptors (Lipinski definition) is 5. The van der Waals surface area contributed by atoms with Crippen LogP contribution in [0.1, 0.15) is 0 Å². The van der Waals surface area contributed by atoms with Crippen molar-refractivity contribution in [2.45, 2.75) is 0 Å². The van der Waals surface area contributed by atoms with Crippen LogP contribution in [0.15, 0.2) is 67.1 Å². The van der Waals surface area contributed by atoms with Crippen molar-refractivity contribution in [2.75, 3.05) is 19.5 Å². The molecular formula is C20H18N4O2. The van der Waals surface area contributed by atoms with Crippen LogP contribution < -0.4 is 14.8 Å². The zero-order valence-corrected chi connectivity index (χ0v) is 14.5. The first-order valence-electron chi connectivity index (χ1n) is 8.16. The Morgan fingerprint density at radius 3 is 2.50 bits per heavy atom. The second-order valence-electron chi connectivity index (χ2n) is 5.70. The van der Waals surface area contributed by atoms with Gasteiger partial charge in [0.15, 0.2) is 11.5 Å². The van der Waals surface area contributed by atoms with Gasteiger partial charge in [-0.2, -0.15) is 0 Å². The maximum atomic E-state index is 5.32. The van der Waals surface area contributed by atoms with E-state index in [0.717, 1.165) is 34.1 Å². The molecule has 0 atom stereocenters. The second-order valence-corrected chi connectivity index (χ2v) is 5.70. The lowest BCUT2D eigenvalue weighted by Gasteiger charge is -2.11. The Morgan fingerprint density at radius 2 is 1.73 bits per heavy atom. The van der Waals surface area contributed by atoms with E-state index >= 15 is 0 Å². The summed E-state index contributed by atoms with van der Waals surface area (Å²) < 4.78 is 12.5. The molecule has 0 spiro atoms. The van der Waals surface area contributed by atoms with Gasteiger partial charge in [-0.3, -0.25) is 4.40 Å². The molecule has 0 radical (unpaired) electrons. The van der Waals surface area contributed by atoms with E-state index in [4.69, 9.17) is 9.47 Å². The van der Waals surface area contributed by atoms with Gasteiger partial charge in [-0.15, -0.1) is 0 Å². The highest BCUT2D eigenvalue weighted by molar-refractivity contribution is 5.74. The molecule has 0 fully saturated rings. The van der Waals surface area contributed by atoms with Gasteiger partial charge in [-0.05, 0) is 36.4 Å². The number of nitrogens with zero attached hydrogens (tertiary/aromatic N) is 3. The lowest BCUT2D eigenvalue weighted by Crippen LogP contribution is -2.00. The Labute approximate surface area is 151 Å². The molecule has 26 heavy (non-hydrogen) atoms. The number of hydrogen-bond donors (Lipinski definition) is 1. The van der Waals surface area contributed by atoms with Crippen LogP contribution in [-0.4, -0.2) is 28.6 Å². The van der Waals surface area contributed by atoms with Crippen molar-refractivity contribution in [3.05, 3.63) is 67.1 Å². The lowest BCUT2D eigenvalue weighted by molar-refractivity contribution is 0.415. The zero-order valence-electron chi connectivity index (χ0n) is 14.5. The predicted molar refractivity (Wildman–Crippen MR) is 101 cm³/mol. The van der Waals surface area contributed by atoms with Crippen LogP contribution in [0.2, 0.25) is 0 Å². The highest BCUT2D eigenvalue weighted by Crippen LogP contribution is 2.27. The highest BCUT2D eigenvalue weighted by atomic mass is 16.5. The van der Waals surface area contributed by atoms with E-state index in [1.807, 2.05) is 65.3 Å². The lowest BCUT2D eigenvalue weighted by atomic mass is 10.1. The first kappa shape index (κ1) is 16.0. The van der Waals surface area contributed by atoms with Crippen molar-refractivity contribution in [3.63, 3.8) is 0 Å². The van der Waals surface area contributed by atoms with E-state index in [0.29, 0.717) is 5.82 Å². The fraction of sp³-hybridized carbons (Fsp3) is 0.100. The van der Waals surface area contributed by atoms with Crippen molar-refractivity contribution in [1.82, 2.24) is 14.4 Å². The summed E-state index contributed by atoms with van der Waals surface area (Å²) >= 11 is 0. The molecule has 6 heteroatoms. The molecule has 0 saturated heterocycles. The number of aromatic nitrogens is 3. The molecule has 0 aliphatic rings. The highest BCUT2D eigenvalue weighted by Gasteiger charge is 2.11. The third-order valence-electron chi connectivity index (χ3n) is 4.15. The van der Waals surface area contributed by atoms with Gasteiger partial charge in [0, 0.05) is 23.6 Å². The number of fused-ring (bicyclic) bond motifs is 1. The quantitative estimate of drug-likeness (QED) is 0.588. The van der Waals surface area contributed by atoms with Crippen LogP contribution in [0, 0.1) is 0 Å². The Balaban J connectivity index is 1.73. The molecule has 1 N–H and O–H groups in total. The van der Waals surface area contributed by atoms with Crippen molar-refractivity contribution in [1.29, 1.82) is 0 Å². The molecule has 6 nitrogen and oxygen atoms in total. The summed E-state index contributed by atoms with van der Waals surface area (Å²) in [6.07, 6.45) is 5.51. The first-order chi connectivity index (χ1) is 12.8. The molecular weight excluding hydrogens is 328 g/mol. The van der Waals surface area contributed by atoms with Crippen LogP contribution in [-0.2, 0) is 0 Å². The molecule has 2 aromatic carbocycles. The van der Waals surface area contributed by atoms with Crippen LogP contribution in [0.5, 0.6) is 11.5 Å². The molecule has 0 unspecified atom stereocenters. The summed E-state index contributed by atoms with van der Waals surface area (Å²) in [6, 6.07) is 15.6. The van der Waals surface area contributed by atoms with E-state index in [9.17, 15) is 0 Å². The van der Waals surface area contributed by atoms with Gasteiger partial charge in [-0.1, -0.05) is 12.1 Å². The Hall–Kier alpha value is -3.54.